The van der Waals surface area contributed by atoms with Crippen LogP contribution in [0.4, 0.5) is 4.79 Å². The van der Waals surface area contributed by atoms with Crippen LogP contribution in [0.3, 0.4) is 0 Å². The molecule has 0 unspecified atom stereocenters. The van der Waals surface area contributed by atoms with Crippen LogP contribution < -0.4 is 15.4 Å². The van der Waals surface area contributed by atoms with E-state index in [4.69, 9.17) is 28.4 Å². The Labute approximate surface area is 227 Å². The Morgan fingerprint density at radius 1 is 0.775 bits per heavy atom. The van der Waals surface area contributed by atoms with E-state index >= 15 is 0 Å². The summed E-state index contributed by atoms with van der Waals surface area (Å²) in [6, 6.07) is 4.89. The second-order valence-electron chi connectivity index (χ2n) is 8.55. The average molecular weight is 562 g/mol. The van der Waals surface area contributed by atoms with Gasteiger partial charge in [0.15, 0.2) is 12.2 Å². The SMILES string of the molecule is CC(=O)OC[C@H]1O[C@@H](Oc2ccc(C=C3C(=O)NC(=O)NC3=O)cc2)[C@H](OC(C)=O)[C@@H](OC(C)=O)[C@@H]1OC(C)=O. The molecule has 2 heterocycles. The van der Waals surface area contributed by atoms with Gasteiger partial charge < -0.3 is 28.4 Å². The first-order valence-corrected chi connectivity index (χ1v) is 11.8. The van der Waals surface area contributed by atoms with Crippen LogP contribution in [-0.4, -0.2) is 79.0 Å². The van der Waals surface area contributed by atoms with Crippen LogP contribution in [0.15, 0.2) is 29.8 Å². The second-order valence-corrected chi connectivity index (χ2v) is 8.55. The minimum Gasteiger partial charge on any atom is -0.463 e. The second kappa shape index (κ2) is 12.8. The molecule has 214 valence electrons. The quantitative estimate of drug-likeness (QED) is 0.184. The van der Waals surface area contributed by atoms with Gasteiger partial charge in [0.25, 0.3) is 11.8 Å². The summed E-state index contributed by atoms with van der Waals surface area (Å²) in [4.78, 5) is 82.3. The number of carbonyl (C=O) groups excluding carboxylic acids is 7. The highest BCUT2D eigenvalue weighted by molar-refractivity contribution is 6.31. The molecule has 2 aliphatic rings. The fourth-order valence-electron chi connectivity index (χ4n) is 3.83. The molecule has 0 spiro atoms. The Balaban J connectivity index is 1.90. The highest BCUT2D eigenvalue weighted by Crippen LogP contribution is 2.31. The maximum Gasteiger partial charge on any atom is 0.328 e. The monoisotopic (exact) mass is 562 g/mol. The topological polar surface area (TPSA) is 199 Å². The lowest BCUT2D eigenvalue weighted by molar-refractivity contribution is -0.288. The van der Waals surface area contributed by atoms with Gasteiger partial charge in [-0.2, -0.15) is 0 Å². The summed E-state index contributed by atoms with van der Waals surface area (Å²) in [5.41, 5.74) is 0.0939. The highest BCUT2D eigenvalue weighted by Gasteiger charge is 2.53. The molecule has 2 N–H and O–H groups in total. The van der Waals surface area contributed by atoms with Gasteiger partial charge in [-0.05, 0) is 23.8 Å². The molecule has 2 aliphatic heterocycles. The molecule has 4 amide bonds. The number of barbiturate groups is 1. The number of carbonyl (C=O) groups is 7. The molecule has 15 nitrogen and oxygen atoms in total. The van der Waals surface area contributed by atoms with Gasteiger partial charge in [0, 0.05) is 27.7 Å². The third-order valence-electron chi connectivity index (χ3n) is 5.33. The van der Waals surface area contributed by atoms with Crippen molar-refractivity contribution in [2.24, 2.45) is 0 Å². The molecule has 0 radical (unpaired) electrons. The van der Waals surface area contributed by atoms with E-state index in [1.54, 1.807) is 0 Å². The van der Waals surface area contributed by atoms with Crippen LogP contribution >= 0.6 is 0 Å². The summed E-state index contributed by atoms with van der Waals surface area (Å²) >= 11 is 0. The highest BCUT2D eigenvalue weighted by atomic mass is 16.7. The number of urea groups is 1. The van der Waals surface area contributed by atoms with Crippen LogP contribution in [0.25, 0.3) is 6.08 Å². The van der Waals surface area contributed by atoms with Crippen molar-refractivity contribution in [1.29, 1.82) is 0 Å². The number of rotatable bonds is 8. The molecule has 3 rings (SSSR count). The first-order chi connectivity index (χ1) is 18.8. The smallest absolute Gasteiger partial charge is 0.328 e. The number of hydrogen-bond acceptors (Lipinski definition) is 13. The number of esters is 4. The number of ether oxygens (including phenoxy) is 6. The molecule has 0 bridgehead atoms. The molecule has 5 atom stereocenters. The van der Waals surface area contributed by atoms with Gasteiger partial charge in [0.1, 0.15) is 24.0 Å². The van der Waals surface area contributed by atoms with Crippen LogP contribution in [0.2, 0.25) is 0 Å². The maximum atomic E-state index is 12.0. The van der Waals surface area contributed by atoms with Crippen molar-refractivity contribution in [2.45, 2.75) is 58.4 Å². The third kappa shape index (κ3) is 7.86. The van der Waals surface area contributed by atoms with Crippen molar-refractivity contribution in [3.63, 3.8) is 0 Å². The van der Waals surface area contributed by atoms with E-state index in [-0.39, 0.29) is 11.3 Å². The Bertz CT molecular complexity index is 1220. The van der Waals surface area contributed by atoms with Gasteiger partial charge in [-0.3, -0.25) is 39.4 Å². The van der Waals surface area contributed by atoms with Crippen molar-refractivity contribution >= 4 is 47.8 Å². The summed E-state index contributed by atoms with van der Waals surface area (Å²) in [6.45, 7) is 4.03. The van der Waals surface area contributed by atoms with Crippen molar-refractivity contribution in [2.75, 3.05) is 6.61 Å². The molecule has 0 aliphatic carbocycles. The van der Waals surface area contributed by atoms with E-state index in [9.17, 15) is 33.6 Å². The largest absolute Gasteiger partial charge is 0.463 e. The van der Waals surface area contributed by atoms with Gasteiger partial charge in [-0.1, -0.05) is 12.1 Å². The minimum absolute atomic E-state index is 0.149. The number of imide groups is 2. The predicted octanol–water partition coefficient (Wildman–Crippen LogP) is -0.102. The lowest BCUT2D eigenvalue weighted by Crippen LogP contribution is -2.63. The average Bonchev–Trinajstić information content (AvgIpc) is 2.84. The lowest BCUT2D eigenvalue weighted by atomic mass is 9.98. The van der Waals surface area contributed by atoms with Crippen LogP contribution in [-0.2, 0) is 52.5 Å². The van der Waals surface area contributed by atoms with E-state index in [0.29, 0.717) is 5.56 Å². The van der Waals surface area contributed by atoms with Gasteiger partial charge in [0.2, 0.25) is 12.4 Å². The molecule has 0 aromatic heterocycles. The molecule has 15 heteroatoms. The zero-order chi connectivity index (χ0) is 29.6. The van der Waals surface area contributed by atoms with Crippen LogP contribution in [0.5, 0.6) is 5.75 Å². The first kappa shape index (κ1) is 29.8. The lowest BCUT2D eigenvalue weighted by Gasteiger charge is -2.43. The van der Waals surface area contributed by atoms with E-state index in [1.165, 1.54) is 30.3 Å². The normalized spacial score (nSPS) is 24.1. The minimum atomic E-state index is -1.44. The standard InChI is InChI=1S/C25H26N2O13/c1-11(28)35-10-18-19(36-12(2)29)20(37-13(3)30)21(38-14(4)31)24(40-18)39-16-7-5-15(6-8-16)9-17-22(32)26-25(34)27-23(17)33/h5-9,18-21,24H,10H2,1-4H3,(H2,26,27,32,33,34)/t18-,19-,20+,21-,24-/m1/s1. The van der Waals surface area contributed by atoms with Crippen molar-refractivity contribution in [3.05, 3.63) is 35.4 Å². The maximum absolute atomic E-state index is 12.0. The molecule has 1 aromatic carbocycles. The van der Waals surface area contributed by atoms with Gasteiger partial charge in [-0.15, -0.1) is 0 Å². The Morgan fingerprint density at radius 2 is 1.30 bits per heavy atom. The molecule has 1 aromatic rings. The van der Waals surface area contributed by atoms with Crippen LogP contribution in [0, 0.1) is 0 Å². The zero-order valence-electron chi connectivity index (χ0n) is 21.8. The van der Waals surface area contributed by atoms with Crippen molar-refractivity contribution < 1.29 is 62.0 Å². The van der Waals surface area contributed by atoms with E-state index in [0.717, 1.165) is 27.7 Å². The fourth-order valence-corrected chi connectivity index (χ4v) is 3.83. The Morgan fingerprint density at radius 3 is 1.82 bits per heavy atom. The zero-order valence-corrected chi connectivity index (χ0v) is 21.8. The number of amides is 4. The molecule has 2 fully saturated rings. The number of benzene rings is 1. The summed E-state index contributed by atoms with van der Waals surface area (Å²) < 4.78 is 32.8. The van der Waals surface area contributed by atoms with Gasteiger partial charge >= 0.3 is 29.9 Å². The van der Waals surface area contributed by atoms with Gasteiger partial charge in [-0.25, -0.2) is 4.79 Å². The number of hydrogen-bond donors (Lipinski definition) is 2. The first-order valence-electron chi connectivity index (χ1n) is 11.8. The van der Waals surface area contributed by atoms with Gasteiger partial charge in [0.05, 0.1) is 0 Å². The van der Waals surface area contributed by atoms with Crippen molar-refractivity contribution in [3.8, 4) is 5.75 Å². The van der Waals surface area contributed by atoms with E-state index in [2.05, 4.69) is 0 Å². The number of nitrogens with one attached hydrogen (secondary N) is 2. The van der Waals surface area contributed by atoms with Crippen molar-refractivity contribution in [1.82, 2.24) is 10.6 Å². The summed E-state index contributed by atoms with van der Waals surface area (Å²) in [6.07, 6.45) is -5.55. The molecule has 2 saturated heterocycles. The summed E-state index contributed by atoms with van der Waals surface area (Å²) in [7, 11) is 0. The van der Waals surface area contributed by atoms with E-state index in [1.807, 2.05) is 10.6 Å². The van der Waals surface area contributed by atoms with Crippen LogP contribution in [0.1, 0.15) is 33.3 Å². The third-order valence-corrected chi connectivity index (χ3v) is 5.33. The molecule has 0 saturated carbocycles. The molecule has 40 heavy (non-hydrogen) atoms. The summed E-state index contributed by atoms with van der Waals surface area (Å²) in [5.74, 6) is -4.60. The Hall–Kier alpha value is -4.79. The summed E-state index contributed by atoms with van der Waals surface area (Å²) in [5, 5.41) is 3.92. The predicted molar refractivity (Wildman–Crippen MR) is 129 cm³/mol. The van der Waals surface area contributed by atoms with E-state index < -0.39 is 79.0 Å². The Kier molecular flexibility index (Phi) is 9.55. The fraction of sp³-hybridized carbons (Fsp3) is 0.400. The molecular formula is C25H26N2O13. The molecular weight excluding hydrogens is 536 g/mol.